The third-order valence-corrected chi connectivity index (χ3v) is 8.08. The number of carboxylic acid groups (broad SMARTS) is 1. The van der Waals surface area contributed by atoms with E-state index < -0.39 is 45.5 Å². The predicted molar refractivity (Wildman–Crippen MR) is 143 cm³/mol. The van der Waals surface area contributed by atoms with Crippen molar-refractivity contribution in [3.63, 3.8) is 0 Å². The first-order chi connectivity index (χ1) is 17.5. The van der Waals surface area contributed by atoms with E-state index in [1.807, 2.05) is 20.8 Å². The van der Waals surface area contributed by atoms with Gasteiger partial charge in [0.2, 0.25) is 17.8 Å². The minimum Gasteiger partial charge on any atom is -0.487 e. The molecule has 1 aromatic rings. The average Bonchev–Trinajstić information content (AvgIpc) is 3.12. The van der Waals surface area contributed by atoms with Gasteiger partial charge in [-0.2, -0.15) is 0 Å². The third kappa shape index (κ3) is 7.36. The fourth-order valence-corrected chi connectivity index (χ4v) is 6.01. The molecule has 1 aromatic carbocycles. The van der Waals surface area contributed by atoms with Gasteiger partial charge in [-0.3, -0.25) is 14.6 Å². The molecule has 212 valence electrons. The number of aliphatic carboxylic acids is 1. The summed E-state index contributed by atoms with van der Waals surface area (Å²) in [6.07, 6.45) is 1.17. The van der Waals surface area contributed by atoms with Crippen LogP contribution in [0.5, 0.6) is 5.75 Å². The van der Waals surface area contributed by atoms with Gasteiger partial charge in [-0.1, -0.05) is 6.92 Å². The fourth-order valence-electron chi connectivity index (χ4n) is 4.49. The molecule has 1 aliphatic rings. The number of ether oxygens (including phenoxy) is 1. The molecule has 0 radical (unpaired) electrons. The highest BCUT2D eigenvalue weighted by atomic mass is 32.2. The number of nitrogens with zero attached hydrogens (tertiary/aromatic N) is 1. The van der Waals surface area contributed by atoms with Crippen molar-refractivity contribution in [3.05, 3.63) is 22.3 Å². The van der Waals surface area contributed by atoms with E-state index in [4.69, 9.17) is 15.6 Å². The van der Waals surface area contributed by atoms with Gasteiger partial charge in [0.15, 0.2) is 0 Å². The standard InChI is InChI=1S/C25H39N5O7S/c1-8-18(23(33)34)29-22(32)19(28-16(5)31)10-9-11-27-24(26)30-38(35,36)21-14(3)13(2)20-17(15(21)4)12-25(6,7)37-20/h18-19H,8-12H2,1-7H3,(H,28,31)(H,29,32)(H,33,34)(H3,26,27,30)/t18-,19+/m0/s1. The molecule has 2 amide bonds. The lowest BCUT2D eigenvalue weighted by molar-refractivity contribution is -0.142. The van der Waals surface area contributed by atoms with Crippen LogP contribution in [0.1, 0.15) is 69.2 Å². The number of fused-ring (bicyclic) bond motifs is 1. The van der Waals surface area contributed by atoms with Crippen molar-refractivity contribution in [1.29, 1.82) is 0 Å². The molecule has 0 bridgehead atoms. The summed E-state index contributed by atoms with van der Waals surface area (Å²) >= 11 is 0. The van der Waals surface area contributed by atoms with Crippen molar-refractivity contribution in [1.82, 2.24) is 15.4 Å². The minimum atomic E-state index is -4.05. The molecule has 12 nitrogen and oxygen atoms in total. The quantitative estimate of drug-likeness (QED) is 0.153. The summed E-state index contributed by atoms with van der Waals surface area (Å²) in [6.45, 7) is 12.1. The Morgan fingerprint density at radius 2 is 1.74 bits per heavy atom. The Bertz CT molecular complexity index is 1240. The Kier molecular flexibility index (Phi) is 9.76. The Labute approximate surface area is 223 Å². The van der Waals surface area contributed by atoms with E-state index in [0.717, 1.165) is 16.9 Å². The van der Waals surface area contributed by atoms with Crippen molar-refractivity contribution in [2.24, 2.45) is 10.7 Å². The van der Waals surface area contributed by atoms with Crippen LogP contribution in [0.25, 0.3) is 0 Å². The third-order valence-electron chi connectivity index (χ3n) is 6.45. The highest BCUT2D eigenvalue weighted by molar-refractivity contribution is 7.90. The molecule has 13 heteroatoms. The zero-order valence-electron chi connectivity index (χ0n) is 23.0. The highest BCUT2D eigenvalue weighted by Gasteiger charge is 2.36. The first kappa shape index (κ1) is 30.9. The number of nitrogens with one attached hydrogen (secondary N) is 3. The lowest BCUT2D eigenvalue weighted by Crippen LogP contribution is -2.51. The van der Waals surface area contributed by atoms with E-state index in [9.17, 15) is 22.8 Å². The number of amides is 2. The number of hydrogen-bond acceptors (Lipinski definition) is 7. The number of carboxylic acids is 1. The first-order valence-electron chi connectivity index (χ1n) is 12.4. The van der Waals surface area contributed by atoms with Gasteiger partial charge in [-0.05, 0) is 70.6 Å². The van der Waals surface area contributed by atoms with Crippen LogP contribution in [0.15, 0.2) is 9.89 Å². The SMILES string of the molecule is CC[C@H](NC(=O)[C@@H](CCCN=C(N)NS(=O)(=O)c1c(C)c(C)c2c(c1C)CC(C)(C)O2)NC(C)=O)C(=O)O. The lowest BCUT2D eigenvalue weighted by atomic mass is 9.94. The minimum absolute atomic E-state index is 0.0665. The molecule has 0 aromatic heterocycles. The van der Waals surface area contributed by atoms with Crippen molar-refractivity contribution in [2.75, 3.05) is 6.54 Å². The van der Waals surface area contributed by atoms with E-state index in [1.54, 1.807) is 20.8 Å². The van der Waals surface area contributed by atoms with Gasteiger partial charge in [-0.15, -0.1) is 0 Å². The number of benzene rings is 1. The molecule has 6 N–H and O–H groups in total. The summed E-state index contributed by atoms with van der Waals surface area (Å²) in [5.41, 5.74) is 8.22. The summed E-state index contributed by atoms with van der Waals surface area (Å²) in [4.78, 5) is 39.4. The van der Waals surface area contributed by atoms with Crippen molar-refractivity contribution in [3.8, 4) is 5.75 Å². The zero-order valence-corrected chi connectivity index (χ0v) is 23.8. The summed E-state index contributed by atoms with van der Waals surface area (Å²) in [7, 11) is -4.05. The Morgan fingerprint density at radius 1 is 1.11 bits per heavy atom. The van der Waals surface area contributed by atoms with Gasteiger partial charge in [0.25, 0.3) is 10.0 Å². The summed E-state index contributed by atoms with van der Waals surface area (Å²) in [5, 5.41) is 14.0. The maximum Gasteiger partial charge on any atom is 0.326 e. The maximum absolute atomic E-state index is 13.3. The summed E-state index contributed by atoms with van der Waals surface area (Å²) in [5.74, 6) is -1.84. The van der Waals surface area contributed by atoms with Gasteiger partial charge in [0.1, 0.15) is 23.4 Å². The van der Waals surface area contributed by atoms with Crippen LogP contribution < -0.4 is 25.8 Å². The molecule has 2 rings (SSSR count). The largest absolute Gasteiger partial charge is 0.487 e. The molecule has 0 unspecified atom stereocenters. The van der Waals surface area contributed by atoms with Gasteiger partial charge in [0.05, 0.1) is 4.90 Å². The second-order valence-corrected chi connectivity index (χ2v) is 11.7. The topological polar surface area (TPSA) is 189 Å². The number of sulfonamides is 1. The zero-order chi connectivity index (χ0) is 29.0. The molecule has 0 saturated carbocycles. The first-order valence-corrected chi connectivity index (χ1v) is 13.9. The van der Waals surface area contributed by atoms with Crippen molar-refractivity contribution < 1.29 is 32.6 Å². The molecule has 38 heavy (non-hydrogen) atoms. The van der Waals surface area contributed by atoms with Crippen LogP contribution in [0, 0.1) is 20.8 Å². The Balaban J connectivity index is 2.11. The molecule has 1 heterocycles. The van der Waals surface area contributed by atoms with E-state index in [0.29, 0.717) is 17.5 Å². The number of carbonyl (C=O) groups excluding carboxylic acids is 2. The normalized spacial score (nSPS) is 16.1. The number of aliphatic imine (C=N–C) groups is 1. The van der Waals surface area contributed by atoms with E-state index >= 15 is 0 Å². The smallest absolute Gasteiger partial charge is 0.326 e. The molecular weight excluding hydrogens is 514 g/mol. The van der Waals surface area contributed by atoms with Crippen LogP contribution in [-0.4, -0.2) is 61.5 Å². The number of guanidine groups is 1. The van der Waals surface area contributed by atoms with Gasteiger partial charge >= 0.3 is 5.97 Å². The predicted octanol–water partition coefficient (Wildman–Crippen LogP) is 1.18. The second kappa shape index (κ2) is 12.0. The van der Waals surface area contributed by atoms with Gasteiger partial charge in [0, 0.05) is 25.5 Å². The van der Waals surface area contributed by atoms with Crippen molar-refractivity contribution >= 4 is 33.8 Å². The summed E-state index contributed by atoms with van der Waals surface area (Å²) in [6, 6.07) is -2.05. The molecule has 2 atom stereocenters. The number of carbonyl (C=O) groups is 3. The number of rotatable bonds is 11. The van der Waals surface area contributed by atoms with Crippen LogP contribution in [0.3, 0.4) is 0 Å². The molecule has 0 aliphatic carbocycles. The van der Waals surface area contributed by atoms with Gasteiger partial charge in [-0.25, -0.2) is 17.9 Å². The number of nitrogens with two attached hydrogens (primary N) is 1. The average molecular weight is 554 g/mol. The van der Waals surface area contributed by atoms with Crippen LogP contribution in [0.2, 0.25) is 0 Å². The van der Waals surface area contributed by atoms with E-state index in [2.05, 4.69) is 20.3 Å². The fraction of sp³-hybridized carbons (Fsp3) is 0.600. The van der Waals surface area contributed by atoms with Gasteiger partial charge < -0.3 is 26.2 Å². The molecule has 0 spiro atoms. The van der Waals surface area contributed by atoms with E-state index in [1.165, 1.54) is 6.92 Å². The number of hydrogen-bond donors (Lipinski definition) is 5. The highest BCUT2D eigenvalue weighted by Crippen LogP contribution is 2.43. The lowest BCUT2D eigenvalue weighted by Gasteiger charge is -2.20. The molecule has 0 saturated heterocycles. The Hall–Kier alpha value is -3.35. The van der Waals surface area contributed by atoms with E-state index in [-0.39, 0.29) is 36.7 Å². The summed E-state index contributed by atoms with van der Waals surface area (Å²) < 4.78 is 34.9. The molecule has 1 aliphatic heterocycles. The van der Waals surface area contributed by atoms with Crippen LogP contribution in [0.4, 0.5) is 0 Å². The van der Waals surface area contributed by atoms with Crippen LogP contribution in [-0.2, 0) is 30.8 Å². The maximum atomic E-state index is 13.3. The Morgan fingerprint density at radius 3 is 2.29 bits per heavy atom. The second-order valence-electron chi connectivity index (χ2n) is 10.1. The van der Waals surface area contributed by atoms with Crippen LogP contribution >= 0.6 is 0 Å². The monoisotopic (exact) mass is 553 g/mol. The molecular formula is C25H39N5O7S. The molecule has 0 fully saturated rings. The van der Waals surface area contributed by atoms with Crippen molar-refractivity contribution in [2.45, 2.75) is 96.7 Å².